The number of rotatable bonds is 5. The van der Waals surface area contributed by atoms with E-state index in [0.717, 1.165) is 17.9 Å². The minimum atomic E-state index is 0.539. The van der Waals surface area contributed by atoms with E-state index >= 15 is 0 Å². The van der Waals surface area contributed by atoms with E-state index in [1.807, 2.05) is 18.2 Å². The van der Waals surface area contributed by atoms with E-state index in [4.69, 9.17) is 1.43 Å². The molecule has 2 nitrogen and oxygen atoms in total. The fourth-order valence-electron chi connectivity index (χ4n) is 2.10. The Kier molecular flexibility index (Phi) is 3.68. The Morgan fingerprint density at radius 1 is 1.11 bits per heavy atom. The quantitative estimate of drug-likeness (QED) is 0.851. The molecule has 0 heterocycles. The van der Waals surface area contributed by atoms with Crippen LogP contribution in [-0.4, -0.2) is 13.1 Å². The maximum Gasteiger partial charge on any atom is 0.293 e. The third kappa shape index (κ3) is 3.50. The van der Waals surface area contributed by atoms with E-state index in [1.54, 1.807) is 6.07 Å². The van der Waals surface area contributed by atoms with E-state index in [0.29, 0.717) is 11.7 Å². The van der Waals surface area contributed by atoms with Crippen molar-refractivity contribution < 1.29 is 5.11 Å². The number of nitrogens with zero attached hydrogens (tertiary/aromatic N) is 1. The maximum absolute atomic E-state index is 7.04. The average molecular weight is 256 g/mol. The van der Waals surface area contributed by atoms with Crippen molar-refractivity contribution in [2.45, 2.75) is 20.8 Å². The maximum atomic E-state index is 7.04. The second kappa shape index (κ2) is 5.79. The number of aryl methyl sites for hydroxylation is 1. The number of benzene rings is 2. The fraction of sp³-hybridized carbons (Fsp3) is 0.294. The number of hydrogen-bond acceptors (Lipinski definition) is 2. The molecular formula is C17H21NO. The van der Waals surface area contributed by atoms with Gasteiger partial charge in [-0.3, -0.25) is 0 Å². The Hall–Kier alpha value is -1.96. The summed E-state index contributed by atoms with van der Waals surface area (Å²) in [7, 11) is 0. The van der Waals surface area contributed by atoms with Gasteiger partial charge in [0.05, 0.1) is 0 Å². The predicted octanol–water partition coefficient (Wildman–Crippen LogP) is 4.49. The molecule has 2 rings (SSSR count). The van der Waals surface area contributed by atoms with Crippen molar-refractivity contribution in [3.05, 3.63) is 54.1 Å². The highest BCUT2D eigenvalue weighted by atomic mass is 16.3. The van der Waals surface area contributed by atoms with Gasteiger partial charge in [0, 0.05) is 24.0 Å². The van der Waals surface area contributed by atoms with Gasteiger partial charge < -0.3 is 10.0 Å². The summed E-state index contributed by atoms with van der Waals surface area (Å²) in [5, 5.41) is 4.59. The van der Waals surface area contributed by atoms with Gasteiger partial charge >= 0.3 is 0 Å². The molecule has 0 fully saturated rings. The van der Waals surface area contributed by atoms with Crippen LogP contribution in [0.5, 0.6) is 5.75 Å². The number of anilines is 2. The molecule has 0 saturated heterocycles. The molecule has 0 aliphatic heterocycles. The van der Waals surface area contributed by atoms with Crippen LogP contribution in [0.1, 0.15) is 19.4 Å². The van der Waals surface area contributed by atoms with Crippen LogP contribution in [0.15, 0.2) is 48.5 Å². The van der Waals surface area contributed by atoms with Crippen LogP contribution in [0.4, 0.5) is 11.4 Å². The molecular weight excluding hydrogens is 234 g/mol. The molecule has 0 amide bonds. The summed E-state index contributed by atoms with van der Waals surface area (Å²) >= 11 is 0. The minimum Gasteiger partial charge on any atom is -0.508 e. The Bertz CT molecular complexity index is 551. The minimum absolute atomic E-state index is 0.539. The van der Waals surface area contributed by atoms with Gasteiger partial charge in [0.15, 0.2) is 0 Å². The number of phenolic OH excluding ortho intramolecular Hbond substituents is 1. The second-order valence-corrected chi connectivity index (χ2v) is 5.34. The predicted molar refractivity (Wildman–Crippen MR) is 81.1 cm³/mol. The second-order valence-electron chi connectivity index (χ2n) is 5.34. The highest BCUT2D eigenvalue weighted by molar-refractivity contribution is 5.64. The molecule has 2 aromatic rings. The highest BCUT2D eigenvalue weighted by Gasteiger charge is 2.11. The Morgan fingerprint density at radius 2 is 1.84 bits per heavy atom. The third-order valence-corrected chi connectivity index (χ3v) is 3.02. The van der Waals surface area contributed by atoms with Gasteiger partial charge in [0.1, 0.15) is 5.75 Å². The first-order valence-electron chi connectivity index (χ1n) is 7.08. The van der Waals surface area contributed by atoms with Crippen LogP contribution < -0.4 is 4.90 Å². The lowest BCUT2D eigenvalue weighted by atomic mass is 10.1. The van der Waals surface area contributed by atoms with Crippen molar-refractivity contribution in [2.24, 2.45) is 5.92 Å². The van der Waals surface area contributed by atoms with Crippen LogP contribution in [0.25, 0.3) is 0 Å². The summed E-state index contributed by atoms with van der Waals surface area (Å²) in [6.45, 7) is 7.41. The third-order valence-electron chi connectivity index (χ3n) is 3.02. The molecule has 0 bridgehead atoms. The molecule has 0 saturated carbocycles. The monoisotopic (exact) mass is 256 g/mol. The zero-order chi connectivity index (χ0) is 14.5. The van der Waals surface area contributed by atoms with Crippen molar-refractivity contribution in [3.8, 4) is 5.75 Å². The van der Waals surface area contributed by atoms with Crippen LogP contribution in [-0.2, 0) is 0 Å². The topological polar surface area (TPSA) is 23.5 Å². The first kappa shape index (κ1) is 12.1. The van der Waals surface area contributed by atoms with E-state index < -0.39 is 0 Å². The van der Waals surface area contributed by atoms with Crippen molar-refractivity contribution in [2.75, 3.05) is 11.4 Å². The standard InChI is InChI=1S/C17H21NO/c1-13(2)12-18(15-9-7-14(3)8-10-15)16-5-4-6-17(19)11-16/h4-11,13,19H,12H2,1-3H3/i/hD. The number of aromatic hydroxyl groups is 1. The SMILES string of the molecule is [2H]Oc1cccc(N(CC(C)C)c2ccc(C)cc2)c1. The summed E-state index contributed by atoms with van der Waals surface area (Å²) in [6, 6.07) is 16.2. The summed E-state index contributed by atoms with van der Waals surface area (Å²) in [6.07, 6.45) is 0. The van der Waals surface area contributed by atoms with E-state index in [9.17, 15) is 0 Å². The summed E-state index contributed by atoms with van der Waals surface area (Å²) in [4.78, 5) is 2.26. The van der Waals surface area contributed by atoms with Crippen LogP contribution in [0, 0.1) is 12.8 Å². The van der Waals surface area contributed by atoms with Crippen molar-refractivity contribution >= 4 is 11.4 Å². The van der Waals surface area contributed by atoms with Gasteiger partial charge in [0.2, 0.25) is 0 Å². The van der Waals surface area contributed by atoms with E-state index in [-0.39, 0.29) is 0 Å². The van der Waals surface area contributed by atoms with Gasteiger partial charge in [-0.1, -0.05) is 37.6 Å². The summed E-state index contributed by atoms with van der Waals surface area (Å²) < 4.78 is 7.04. The van der Waals surface area contributed by atoms with Crippen LogP contribution in [0.2, 0.25) is 0 Å². The fourth-order valence-corrected chi connectivity index (χ4v) is 2.10. The first-order chi connectivity index (χ1) is 9.60. The molecule has 2 heteroatoms. The normalized spacial score (nSPS) is 11.3. The molecule has 19 heavy (non-hydrogen) atoms. The zero-order valence-electron chi connectivity index (χ0n) is 12.8. The molecule has 0 radical (unpaired) electrons. The molecule has 0 aromatic heterocycles. The Balaban J connectivity index is 2.38. The van der Waals surface area contributed by atoms with Crippen molar-refractivity contribution in [1.82, 2.24) is 0 Å². The van der Waals surface area contributed by atoms with E-state index in [2.05, 4.69) is 55.0 Å². The molecule has 1 N–H and O–H groups in total. The lowest BCUT2D eigenvalue weighted by molar-refractivity contribution is 0.475. The molecule has 0 unspecified atom stereocenters. The molecule has 0 aliphatic carbocycles. The molecule has 100 valence electrons. The van der Waals surface area contributed by atoms with Gasteiger partial charge in [0.25, 0.3) is 1.43 Å². The molecule has 0 aliphatic rings. The van der Waals surface area contributed by atoms with Gasteiger partial charge in [-0.2, -0.15) is 0 Å². The van der Waals surface area contributed by atoms with Gasteiger partial charge in [-0.05, 0) is 37.1 Å². The largest absolute Gasteiger partial charge is 0.508 e. The average Bonchev–Trinajstić information content (AvgIpc) is 2.46. The number of hydrogen-bond donors (Lipinski definition) is 1. The molecule has 2 aromatic carbocycles. The lowest BCUT2D eigenvalue weighted by Gasteiger charge is -2.27. The van der Waals surface area contributed by atoms with Crippen LogP contribution >= 0.6 is 0 Å². The molecule has 0 spiro atoms. The summed E-state index contributed by atoms with van der Waals surface area (Å²) in [5.74, 6) is 1.10. The highest BCUT2D eigenvalue weighted by Crippen LogP contribution is 2.29. The first-order valence-corrected chi connectivity index (χ1v) is 6.67. The summed E-state index contributed by atoms with van der Waals surface area (Å²) in [5.41, 5.74) is 3.46. The lowest BCUT2D eigenvalue weighted by Crippen LogP contribution is -2.22. The van der Waals surface area contributed by atoms with E-state index in [1.165, 1.54) is 5.56 Å². The van der Waals surface area contributed by atoms with Gasteiger partial charge in [-0.15, -0.1) is 0 Å². The number of phenols is 1. The van der Waals surface area contributed by atoms with Crippen molar-refractivity contribution in [1.29, 1.82) is 1.43 Å². The smallest absolute Gasteiger partial charge is 0.293 e. The Morgan fingerprint density at radius 3 is 2.47 bits per heavy atom. The van der Waals surface area contributed by atoms with Gasteiger partial charge in [-0.25, -0.2) is 0 Å². The Labute approximate surface area is 116 Å². The van der Waals surface area contributed by atoms with Crippen LogP contribution in [0.3, 0.4) is 0 Å². The molecule has 0 atom stereocenters. The zero-order valence-corrected chi connectivity index (χ0v) is 11.8. The van der Waals surface area contributed by atoms with Crippen molar-refractivity contribution in [3.63, 3.8) is 0 Å².